The molecule has 0 spiro atoms. The summed E-state index contributed by atoms with van der Waals surface area (Å²) >= 11 is 6.49. The van der Waals surface area contributed by atoms with E-state index in [2.05, 4.69) is 25.9 Å². The molecular weight excluding hydrogens is 440 g/mol. The average Bonchev–Trinajstić information content (AvgIpc) is 2.75. The van der Waals surface area contributed by atoms with E-state index in [1.54, 1.807) is 17.1 Å². The maximum absolute atomic E-state index is 13.7. The van der Waals surface area contributed by atoms with Crippen LogP contribution in [0.5, 0.6) is 0 Å². The molecule has 2 rings (SSSR count). The summed E-state index contributed by atoms with van der Waals surface area (Å²) in [6, 6.07) is 3.46. The summed E-state index contributed by atoms with van der Waals surface area (Å²) in [6.07, 6.45) is 1.71. The Balaban J connectivity index is 2.33. The fraction of sp³-hybridized carbons (Fsp3) is 0.583. The van der Waals surface area contributed by atoms with Crippen LogP contribution >= 0.6 is 11.6 Å². The summed E-state index contributed by atoms with van der Waals surface area (Å²) in [5, 5.41) is 8.13. The number of halogens is 1. The van der Waals surface area contributed by atoms with Crippen LogP contribution < -0.4 is 16.1 Å². The Morgan fingerprint density at radius 1 is 1.00 bits per heavy atom. The van der Waals surface area contributed by atoms with E-state index in [1.165, 1.54) is 5.57 Å². The van der Waals surface area contributed by atoms with Gasteiger partial charge in [-0.3, -0.25) is 14.6 Å². The summed E-state index contributed by atoms with van der Waals surface area (Å²) < 4.78 is 0. The summed E-state index contributed by atoms with van der Waals surface area (Å²) in [6.45, 7) is 8.08. The topological polar surface area (TPSA) is 80.0 Å². The van der Waals surface area contributed by atoms with E-state index in [-0.39, 0.29) is 22.4 Å². The minimum atomic E-state index is -0.334. The Kier molecular flexibility index (Phi) is 10.6. The third kappa shape index (κ3) is 7.99. The number of amides is 2. The molecule has 0 aliphatic carbocycles. The van der Waals surface area contributed by atoms with Crippen LogP contribution in [0.4, 0.5) is 5.69 Å². The molecule has 3 N–H and O–H groups in total. The molecule has 0 radical (unpaired) electrons. The largest absolute Gasteiger partial charge is 0.384 e. The molecule has 33 heavy (non-hydrogen) atoms. The van der Waals surface area contributed by atoms with Gasteiger partial charge in [0.05, 0.1) is 22.7 Å². The lowest BCUT2D eigenvalue weighted by Gasteiger charge is -2.31. The summed E-state index contributed by atoms with van der Waals surface area (Å²) in [7, 11) is 8.03. The Hall–Kier alpha value is -2.13. The minimum Gasteiger partial charge on any atom is -0.384 e. The molecule has 0 saturated carbocycles. The van der Waals surface area contributed by atoms with E-state index in [4.69, 9.17) is 11.6 Å². The molecule has 1 aliphatic heterocycles. The van der Waals surface area contributed by atoms with Crippen LogP contribution in [0.15, 0.2) is 23.3 Å². The van der Waals surface area contributed by atoms with E-state index < -0.39 is 0 Å². The van der Waals surface area contributed by atoms with Crippen molar-refractivity contribution in [2.45, 2.75) is 26.7 Å². The number of carbonyl (C=O) groups is 2. The molecule has 8 nitrogen and oxygen atoms in total. The standard InChI is InChI=1S/C24H39ClN6O2/c1-17-15-28-31(16-18(17)2)24(33)22-20(26-11-7-13-29(3)4)10-9-19(25)21(22)23(32)27-12-8-14-30(5)6/h9-10,26,28H,7-8,11-16H2,1-6H3,(H,27,32). The molecule has 0 bridgehead atoms. The predicted molar refractivity (Wildman–Crippen MR) is 136 cm³/mol. The number of anilines is 1. The molecule has 0 unspecified atom stereocenters. The van der Waals surface area contributed by atoms with Gasteiger partial charge >= 0.3 is 0 Å². The molecule has 184 valence electrons. The van der Waals surface area contributed by atoms with Gasteiger partial charge in [-0.15, -0.1) is 0 Å². The van der Waals surface area contributed by atoms with Gasteiger partial charge in [0.2, 0.25) is 0 Å². The number of hydrogen-bond acceptors (Lipinski definition) is 6. The Morgan fingerprint density at radius 3 is 2.24 bits per heavy atom. The lowest BCUT2D eigenvalue weighted by atomic mass is 10.0. The van der Waals surface area contributed by atoms with Crippen molar-refractivity contribution in [2.24, 2.45) is 0 Å². The van der Waals surface area contributed by atoms with Crippen LogP contribution in [0.2, 0.25) is 5.02 Å². The Bertz CT molecular complexity index is 869. The second kappa shape index (κ2) is 12.9. The van der Waals surface area contributed by atoms with Gasteiger partial charge in [-0.2, -0.15) is 0 Å². The van der Waals surface area contributed by atoms with Crippen LogP contribution in [-0.2, 0) is 0 Å². The van der Waals surface area contributed by atoms with Crippen molar-refractivity contribution in [3.63, 3.8) is 0 Å². The number of nitrogens with zero attached hydrogens (tertiary/aromatic N) is 3. The first-order valence-electron chi connectivity index (χ1n) is 11.5. The molecule has 0 saturated heterocycles. The molecule has 0 aromatic heterocycles. The summed E-state index contributed by atoms with van der Waals surface area (Å²) in [5.41, 5.74) is 6.66. The van der Waals surface area contributed by atoms with E-state index in [0.29, 0.717) is 37.4 Å². The van der Waals surface area contributed by atoms with E-state index in [1.807, 2.05) is 42.0 Å². The highest BCUT2D eigenvalue weighted by molar-refractivity contribution is 6.35. The van der Waals surface area contributed by atoms with Crippen LogP contribution in [0, 0.1) is 0 Å². The fourth-order valence-corrected chi connectivity index (χ4v) is 3.79. The van der Waals surface area contributed by atoms with Crippen molar-refractivity contribution in [1.82, 2.24) is 25.6 Å². The van der Waals surface area contributed by atoms with Crippen LogP contribution in [0.1, 0.15) is 47.4 Å². The predicted octanol–water partition coefficient (Wildman–Crippen LogP) is 2.68. The van der Waals surface area contributed by atoms with Crippen molar-refractivity contribution in [3.05, 3.63) is 39.4 Å². The zero-order valence-electron chi connectivity index (χ0n) is 20.8. The molecule has 0 atom stereocenters. The average molecular weight is 479 g/mol. The maximum atomic E-state index is 13.7. The number of rotatable bonds is 11. The normalized spacial score (nSPS) is 14.3. The van der Waals surface area contributed by atoms with Gasteiger partial charge in [0.1, 0.15) is 0 Å². The first kappa shape index (κ1) is 27.1. The number of hydrazine groups is 1. The van der Waals surface area contributed by atoms with Crippen molar-refractivity contribution >= 4 is 29.1 Å². The highest BCUT2D eigenvalue weighted by Gasteiger charge is 2.29. The van der Waals surface area contributed by atoms with Crippen LogP contribution in [-0.4, -0.2) is 94.1 Å². The second-order valence-corrected chi connectivity index (χ2v) is 9.54. The highest BCUT2D eigenvalue weighted by atomic mass is 35.5. The first-order chi connectivity index (χ1) is 15.6. The van der Waals surface area contributed by atoms with E-state index >= 15 is 0 Å². The SMILES string of the molecule is CC1=C(C)CN(C(=O)c2c(NCCCN(C)C)ccc(Cl)c2C(=O)NCCCN(C)C)NC1. The molecular formula is C24H39ClN6O2. The Morgan fingerprint density at radius 2 is 1.64 bits per heavy atom. The van der Waals surface area contributed by atoms with E-state index in [9.17, 15) is 9.59 Å². The number of carbonyl (C=O) groups excluding carboxylic acids is 2. The zero-order chi connectivity index (χ0) is 24.5. The van der Waals surface area contributed by atoms with Gasteiger partial charge in [0.25, 0.3) is 11.8 Å². The summed E-state index contributed by atoms with van der Waals surface area (Å²) in [4.78, 5) is 31.0. The lowest BCUT2D eigenvalue weighted by Crippen LogP contribution is -2.48. The van der Waals surface area contributed by atoms with Gasteiger partial charge in [0.15, 0.2) is 0 Å². The maximum Gasteiger partial charge on any atom is 0.271 e. The van der Waals surface area contributed by atoms with Crippen molar-refractivity contribution in [1.29, 1.82) is 0 Å². The molecule has 9 heteroatoms. The molecule has 2 amide bonds. The first-order valence-corrected chi connectivity index (χ1v) is 11.8. The number of hydrogen-bond donors (Lipinski definition) is 3. The molecule has 1 aromatic rings. The van der Waals surface area contributed by atoms with Crippen molar-refractivity contribution < 1.29 is 9.59 Å². The minimum absolute atomic E-state index is 0.217. The van der Waals surface area contributed by atoms with E-state index in [0.717, 1.165) is 31.5 Å². The third-order valence-corrected chi connectivity index (χ3v) is 5.98. The van der Waals surface area contributed by atoms with Crippen LogP contribution in [0.25, 0.3) is 0 Å². The van der Waals surface area contributed by atoms with Gasteiger partial charge in [-0.25, -0.2) is 5.43 Å². The Labute approximate surface area is 203 Å². The van der Waals surface area contributed by atoms with Crippen LogP contribution in [0.3, 0.4) is 0 Å². The monoisotopic (exact) mass is 478 g/mol. The smallest absolute Gasteiger partial charge is 0.271 e. The molecule has 1 heterocycles. The zero-order valence-corrected chi connectivity index (χ0v) is 21.6. The van der Waals surface area contributed by atoms with Gasteiger partial charge in [-0.05, 0) is 80.1 Å². The molecule has 0 fully saturated rings. The van der Waals surface area contributed by atoms with Crippen molar-refractivity contribution in [2.75, 3.05) is 72.8 Å². The van der Waals surface area contributed by atoms with Gasteiger partial charge in [0, 0.05) is 25.3 Å². The number of nitrogens with one attached hydrogen (secondary N) is 3. The van der Waals surface area contributed by atoms with Crippen molar-refractivity contribution in [3.8, 4) is 0 Å². The fourth-order valence-electron chi connectivity index (χ4n) is 3.54. The molecule has 1 aromatic carbocycles. The second-order valence-electron chi connectivity index (χ2n) is 9.13. The van der Waals surface area contributed by atoms with Gasteiger partial charge in [-0.1, -0.05) is 22.7 Å². The highest BCUT2D eigenvalue weighted by Crippen LogP contribution is 2.29. The summed E-state index contributed by atoms with van der Waals surface area (Å²) in [5.74, 6) is -0.600. The number of benzene rings is 1. The molecule has 1 aliphatic rings. The third-order valence-electron chi connectivity index (χ3n) is 5.66. The lowest BCUT2D eigenvalue weighted by molar-refractivity contribution is 0.0670. The van der Waals surface area contributed by atoms with Gasteiger partial charge < -0.3 is 20.4 Å². The quantitative estimate of drug-likeness (QED) is 0.335.